The van der Waals surface area contributed by atoms with Gasteiger partial charge in [0, 0.05) is 36.8 Å². The summed E-state index contributed by atoms with van der Waals surface area (Å²) in [6.07, 6.45) is 47.7. The first-order valence-corrected chi connectivity index (χ1v) is 34.1. The average molecular weight is 1250 g/mol. The molecule has 0 atom stereocenters. The van der Waals surface area contributed by atoms with Gasteiger partial charge in [0.1, 0.15) is 0 Å². The van der Waals surface area contributed by atoms with E-state index in [-0.39, 0.29) is 27.6 Å². The number of carboxylic acid groups (broad SMARTS) is 2. The van der Waals surface area contributed by atoms with Crippen molar-refractivity contribution in [2.45, 2.75) is 292 Å². The minimum absolute atomic E-state index is 0. The van der Waals surface area contributed by atoms with Crippen molar-refractivity contribution in [2.75, 3.05) is 0 Å². The number of aromatic carboxylic acids is 2. The number of rotatable bonds is 42. The number of benzene rings is 4. The predicted octanol–water partition coefficient (Wildman–Crippen LogP) is 19.4. The Labute approximate surface area is 543 Å². The van der Waals surface area contributed by atoms with Crippen molar-refractivity contribution >= 4 is 34.7 Å². The third-order valence-corrected chi connectivity index (χ3v) is 15.9. The van der Waals surface area contributed by atoms with Crippen molar-refractivity contribution < 1.29 is 56.7 Å². The number of carboxylic acids is 2. The van der Waals surface area contributed by atoms with Crippen LogP contribution in [0.2, 0.25) is 0 Å². The Balaban J connectivity index is 0.00000116. The third kappa shape index (κ3) is 35.2. The summed E-state index contributed by atoms with van der Waals surface area (Å²) < 4.78 is 0. The van der Waals surface area contributed by atoms with Crippen LogP contribution in [0.4, 0.5) is 11.4 Å². The first-order valence-electron chi connectivity index (χ1n) is 34.1. The maximum absolute atomic E-state index is 10.6. The monoisotopic (exact) mass is 1250 g/mol. The predicted molar refractivity (Wildman–Crippen MR) is 361 cm³/mol. The van der Waals surface area contributed by atoms with Gasteiger partial charge in [-0.1, -0.05) is 251 Å². The quantitative estimate of drug-likeness (QED) is 0.0111. The first-order chi connectivity index (χ1) is 42.4. The number of carbonyl (C=O) groups is 2. The minimum Gasteiger partial charge on any atom is -0.545 e. The maximum Gasteiger partial charge on any atom is 2.00 e. The molecule has 0 aliphatic heterocycles. The summed E-state index contributed by atoms with van der Waals surface area (Å²) in [7, 11) is 0. The molecule has 0 radical (unpaired) electrons. The molecule has 11 heteroatoms. The standard InChI is InChI=1S/C59H94N2.2C9H10O4.Ni/c1-5-9-13-15-17-19-21-23-25-27-29-31-33-35-37-40-46-54-48-42-44-51-56(54)60-58(50-12-8-4)59(53-39-11-7-3)61-57-52-45-43-49-55(57)47-41-38-36-34-32-30-28-26-24-22-20-18-16-14-10-6-2;2*1-2-5-3-4-6(10)8(11)7(5)9(12)13;/h42-45,48-49,51-52H,5-34,39-41,46-47,50,53H2,1-4H3;2*3-4,10-11H,2H2,1H3,(H,12,13);/q;;;+2/p-2. The van der Waals surface area contributed by atoms with Crippen LogP contribution < -0.4 is 10.2 Å². The molecule has 0 aliphatic rings. The van der Waals surface area contributed by atoms with Crippen LogP contribution in [-0.2, 0) is 42.2 Å². The van der Waals surface area contributed by atoms with Crippen LogP contribution >= 0.6 is 0 Å². The Kier molecular flexibility index (Phi) is 48.1. The molecule has 0 fully saturated rings. The largest absolute Gasteiger partial charge is 2.00 e. The van der Waals surface area contributed by atoms with Gasteiger partial charge in [-0.05, 0) is 111 Å². The fraction of sp³-hybridized carbons (Fsp3) is 0.584. The topological polar surface area (TPSA) is 186 Å². The van der Waals surface area contributed by atoms with Gasteiger partial charge >= 0.3 is 16.5 Å². The number of phenolic OH excluding ortho intramolecular Hbond substituents is 2. The van der Waals surface area contributed by atoms with Crippen molar-refractivity contribution in [1.29, 1.82) is 0 Å². The molecule has 4 aromatic carbocycles. The Hall–Kier alpha value is -6.03. The van der Waals surface area contributed by atoms with E-state index in [2.05, 4.69) is 99.9 Å². The number of aliphatic imine (C=N–C) groups is 2. The van der Waals surface area contributed by atoms with Crippen molar-refractivity contribution in [1.82, 2.24) is 0 Å². The molecular formula is C77H112N2NiO8. The van der Waals surface area contributed by atoms with Gasteiger partial charge in [-0.15, -0.1) is 23.7 Å². The SMILES string of the molecule is CCCCCCCCCCCCCCC#CCCc1ccccc1N=C(CCCC)C(CCCCC)=Nc1ccccc1CCC#CCCCCCCCCCCCCCC.CCc1ccc(O)c(O)c1C(=O)[O-].CCc1ccc(O)c(O)c1C(=O)[O-].[Ni+2]. The number of nitrogens with zero attached hydrogens (tertiary/aromatic N) is 2. The van der Waals surface area contributed by atoms with Gasteiger partial charge in [0.2, 0.25) is 0 Å². The van der Waals surface area contributed by atoms with Crippen LogP contribution in [-0.4, -0.2) is 43.8 Å². The number of hydrogen-bond donors (Lipinski definition) is 4. The van der Waals surface area contributed by atoms with Gasteiger partial charge < -0.3 is 40.2 Å². The van der Waals surface area contributed by atoms with E-state index in [0.717, 1.165) is 82.0 Å². The molecule has 4 rings (SSSR count). The molecule has 88 heavy (non-hydrogen) atoms. The molecule has 10 nitrogen and oxygen atoms in total. The zero-order valence-corrected chi connectivity index (χ0v) is 56.1. The summed E-state index contributed by atoms with van der Waals surface area (Å²) >= 11 is 0. The number of para-hydroxylation sites is 2. The molecule has 488 valence electrons. The van der Waals surface area contributed by atoms with Crippen LogP contribution in [0.1, 0.15) is 309 Å². The van der Waals surface area contributed by atoms with E-state index in [9.17, 15) is 30.0 Å². The van der Waals surface area contributed by atoms with Crippen molar-refractivity contribution in [3.63, 3.8) is 0 Å². The van der Waals surface area contributed by atoms with Crippen LogP contribution in [0.15, 0.2) is 82.8 Å². The molecule has 0 heterocycles. The summed E-state index contributed by atoms with van der Waals surface area (Å²) in [4.78, 5) is 32.1. The number of aryl methyl sites for hydroxylation is 4. The molecule has 4 N–H and O–H groups in total. The van der Waals surface area contributed by atoms with Gasteiger partial charge in [-0.3, -0.25) is 9.98 Å². The van der Waals surface area contributed by atoms with Crippen LogP contribution in [0, 0.1) is 23.7 Å². The van der Waals surface area contributed by atoms with Crippen molar-refractivity contribution in [3.8, 4) is 46.7 Å². The molecular weight excluding hydrogens is 1140 g/mol. The normalized spacial score (nSPS) is 11.0. The zero-order valence-electron chi connectivity index (χ0n) is 55.1. The Morgan fingerprint density at radius 1 is 0.364 bits per heavy atom. The molecule has 0 aliphatic carbocycles. The molecule has 0 bridgehead atoms. The third-order valence-electron chi connectivity index (χ3n) is 15.9. The Bertz CT molecular complexity index is 2640. The number of unbranched alkanes of at least 4 members (excludes halogenated alkanes) is 27. The van der Waals surface area contributed by atoms with Crippen molar-refractivity contribution in [2.24, 2.45) is 9.98 Å². The second-order valence-electron chi connectivity index (χ2n) is 23.1. The molecule has 0 unspecified atom stereocenters. The summed E-state index contributed by atoms with van der Waals surface area (Å²) in [5.74, 6) is 8.87. The summed E-state index contributed by atoms with van der Waals surface area (Å²) in [5, 5.41) is 57.6. The van der Waals surface area contributed by atoms with Crippen LogP contribution in [0.3, 0.4) is 0 Å². The molecule has 0 saturated heterocycles. The summed E-state index contributed by atoms with van der Waals surface area (Å²) in [6.45, 7) is 12.7. The van der Waals surface area contributed by atoms with Gasteiger partial charge in [0.25, 0.3) is 0 Å². The van der Waals surface area contributed by atoms with E-state index in [1.165, 1.54) is 214 Å². The molecule has 0 aromatic heterocycles. The summed E-state index contributed by atoms with van der Waals surface area (Å²) in [6, 6.07) is 22.9. The van der Waals surface area contributed by atoms with E-state index in [4.69, 9.17) is 20.2 Å². The molecule has 0 saturated carbocycles. The second-order valence-corrected chi connectivity index (χ2v) is 23.1. The minimum atomic E-state index is -1.48. The summed E-state index contributed by atoms with van der Waals surface area (Å²) in [5.41, 5.74) is 7.34. The Morgan fingerprint density at radius 3 is 0.989 bits per heavy atom. The van der Waals surface area contributed by atoms with E-state index < -0.39 is 34.9 Å². The van der Waals surface area contributed by atoms with Gasteiger partial charge in [-0.2, -0.15) is 0 Å². The number of aromatic hydroxyl groups is 4. The fourth-order valence-corrected chi connectivity index (χ4v) is 10.5. The van der Waals surface area contributed by atoms with Gasteiger partial charge in [0.15, 0.2) is 23.0 Å². The first kappa shape index (κ1) is 80.0. The van der Waals surface area contributed by atoms with Crippen molar-refractivity contribution in [3.05, 3.63) is 106 Å². The van der Waals surface area contributed by atoms with Crippen LogP contribution in [0.5, 0.6) is 23.0 Å². The zero-order chi connectivity index (χ0) is 63.5. The van der Waals surface area contributed by atoms with Gasteiger partial charge in [-0.25, -0.2) is 0 Å². The average Bonchev–Trinajstić information content (AvgIpc) is 2.19. The Morgan fingerprint density at radius 2 is 0.659 bits per heavy atom. The van der Waals surface area contributed by atoms with E-state index in [1.54, 1.807) is 13.8 Å². The van der Waals surface area contributed by atoms with Crippen LogP contribution in [0.25, 0.3) is 0 Å². The van der Waals surface area contributed by atoms with Gasteiger partial charge in [0.05, 0.1) is 34.7 Å². The van der Waals surface area contributed by atoms with E-state index >= 15 is 0 Å². The molecule has 0 amide bonds. The number of carbonyl (C=O) groups excluding carboxylic acids is 2. The van der Waals surface area contributed by atoms with E-state index in [1.807, 2.05) is 0 Å². The molecule has 0 spiro atoms. The second kappa shape index (κ2) is 52.9. The molecule has 4 aromatic rings. The van der Waals surface area contributed by atoms with E-state index in [0.29, 0.717) is 24.0 Å². The number of phenols is 4. The maximum atomic E-state index is 10.6. The fourth-order valence-electron chi connectivity index (χ4n) is 10.5. The number of hydrogen-bond acceptors (Lipinski definition) is 10. The smallest absolute Gasteiger partial charge is 0.545 e.